The van der Waals surface area contributed by atoms with Crippen LogP contribution in [0.15, 0.2) is 0 Å². The lowest BCUT2D eigenvalue weighted by molar-refractivity contribution is -0.114. The third kappa shape index (κ3) is 2.25. The van der Waals surface area contributed by atoms with Crippen LogP contribution in [0.25, 0.3) is 0 Å². The molecule has 1 aromatic rings. The second-order valence-corrected chi connectivity index (χ2v) is 3.58. The van der Waals surface area contributed by atoms with Crippen molar-refractivity contribution in [1.82, 2.24) is 0 Å². The Balaban J connectivity index is 3.34. The first-order chi connectivity index (χ1) is 7.40. The highest BCUT2D eigenvalue weighted by Crippen LogP contribution is 2.31. The van der Waals surface area contributed by atoms with Gasteiger partial charge in [0.2, 0.25) is 5.91 Å². The molecule has 1 rings (SSSR count). The van der Waals surface area contributed by atoms with Crippen LogP contribution >= 0.6 is 23.2 Å². The van der Waals surface area contributed by atoms with E-state index in [-0.39, 0.29) is 5.56 Å². The molecule has 0 bridgehead atoms. The van der Waals surface area contributed by atoms with Gasteiger partial charge in [-0.2, -0.15) is 0 Å². The topological polar surface area (TPSA) is 29.1 Å². The fourth-order valence-electron chi connectivity index (χ4n) is 1.03. The molecule has 16 heavy (non-hydrogen) atoms. The van der Waals surface area contributed by atoms with E-state index in [1.807, 2.05) is 5.32 Å². The predicted octanol–water partition coefficient (Wildman–Crippen LogP) is 3.24. The van der Waals surface area contributed by atoms with Gasteiger partial charge in [-0.05, 0) is 6.92 Å². The van der Waals surface area contributed by atoms with Gasteiger partial charge in [-0.25, -0.2) is 13.2 Å². The van der Waals surface area contributed by atoms with Crippen LogP contribution in [0.2, 0.25) is 5.02 Å². The van der Waals surface area contributed by atoms with Crippen molar-refractivity contribution in [3.8, 4) is 0 Å². The molecule has 7 heteroatoms. The zero-order chi connectivity index (χ0) is 12.5. The average molecular weight is 272 g/mol. The Morgan fingerprint density at radius 1 is 1.25 bits per heavy atom. The average Bonchev–Trinajstić information content (AvgIpc) is 2.29. The second kappa shape index (κ2) is 4.93. The van der Waals surface area contributed by atoms with Crippen molar-refractivity contribution in [2.24, 2.45) is 0 Å². The number of carbonyl (C=O) groups is 1. The highest BCUT2D eigenvalue weighted by molar-refractivity contribution is 6.31. The normalized spacial score (nSPS) is 10.4. The summed E-state index contributed by atoms with van der Waals surface area (Å²) in [7, 11) is 0. The summed E-state index contributed by atoms with van der Waals surface area (Å²) >= 11 is 10.5. The van der Waals surface area contributed by atoms with E-state index < -0.39 is 39.9 Å². The van der Waals surface area contributed by atoms with E-state index in [1.165, 1.54) is 0 Å². The Morgan fingerprint density at radius 3 is 2.31 bits per heavy atom. The molecule has 0 saturated carbocycles. The number of hydrogen-bond acceptors (Lipinski definition) is 1. The molecule has 0 aromatic heterocycles. The molecule has 0 atom stereocenters. The summed E-state index contributed by atoms with van der Waals surface area (Å²) in [6.07, 6.45) is 0. The number of anilines is 1. The SMILES string of the molecule is Cc1c(F)c(NC(=O)CCl)c(F)c(F)c1Cl. The number of alkyl halides is 1. The first kappa shape index (κ1) is 13.1. The van der Waals surface area contributed by atoms with Gasteiger partial charge in [0.05, 0.1) is 5.02 Å². The lowest BCUT2D eigenvalue weighted by Crippen LogP contribution is -2.16. The lowest BCUT2D eigenvalue weighted by Gasteiger charge is -2.10. The third-order valence-electron chi connectivity index (χ3n) is 1.87. The van der Waals surface area contributed by atoms with Gasteiger partial charge in [-0.1, -0.05) is 11.6 Å². The van der Waals surface area contributed by atoms with E-state index in [0.29, 0.717) is 0 Å². The number of amides is 1. The molecule has 0 aliphatic carbocycles. The van der Waals surface area contributed by atoms with E-state index in [2.05, 4.69) is 0 Å². The van der Waals surface area contributed by atoms with Crippen molar-refractivity contribution < 1.29 is 18.0 Å². The number of rotatable bonds is 2. The van der Waals surface area contributed by atoms with Gasteiger partial charge in [0, 0.05) is 5.56 Å². The van der Waals surface area contributed by atoms with Crippen LogP contribution in [0, 0.1) is 24.4 Å². The van der Waals surface area contributed by atoms with Crippen molar-refractivity contribution in [3.63, 3.8) is 0 Å². The Morgan fingerprint density at radius 2 is 1.81 bits per heavy atom. The van der Waals surface area contributed by atoms with E-state index >= 15 is 0 Å². The molecule has 0 fully saturated rings. The quantitative estimate of drug-likeness (QED) is 0.499. The molecule has 0 saturated heterocycles. The van der Waals surface area contributed by atoms with Crippen LogP contribution < -0.4 is 5.32 Å². The lowest BCUT2D eigenvalue weighted by atomic mass is 10.2. The molecule has 0 aliphatic heterocycles. The van der Waals surface area contributed by atoms with Gasteiger partial charge >= 0.3 is 0 Å². The molecule has 1 N–H and O–H groups in total. The van der Waals surface area contributed by atoms with Crippen molar-refractivity contribution in [2.45, 2.75) is 6.92 Å². The number of nitrogens with one attached hydrogen (secondary N) is 1. The molecule has 1 amide bonds. The maximum atomic E-state index is 13.5. The number of halogens is 5. The van der Waals surface area contributed by atoms with Crippen LogP contribution in [0.3, 0.4) is 0 Å². The van der Waals surface area contributed by atoms with Gasteiger partial charge in [-0.3, -0.25) is 4.79 Å². The summed E-state index contributed by atoms with van der Waals surface area (Å²) in [6.45, 7) is 1.16. The summed E-state index contributed by atoms with van der Waals surface area (Å²) in [5.74, 6) is -5.43. The zero-order valence-electron chi connectivity index (χ0n) is 8.01. The number of benzene rings is 1. The summed E-state index contributed by atoms with van der Waals surface area (Å²) in [5.41, 5.74) is -1.17. The minimum atomic E-state index is -1.55. The molecule has 0 radical (unpaired) electrons. The molecule has 0 aliphatic rings. The van der Waals surface area contributed by atoms with Crippen LogP contribution in [-0.4, -0.2) is 11.8 Å². The molecule has 0 heterocycles. The highest BCUT2D eigenvalue weighted by atomic mass is 35.5. The molecule has 1 aromatic carbocycles. The molecular weight excluding hydrogens is 266 g/mol. The maximum Gasteiger partial charge on any atom is 0.239 e. The van der Waals surface area contributed by atoms with Gasteiger partial charge in [0.1, 0.15) is 11.6 Å². The fourth-order valence-corrected chi connectivity index (χ4v) is 1.27. The smallest absolute Gasteiger partial charge is 0.239 e. The summed E-state index contributed by atoms with van der Waals surface area (Å²) in [5, 5.41) is 1.16. The van der Waals surface area contributed by atoms with Crippen LogP contribution in [0.1, 0.15) is 5.56 Å². The molecular formula is C9H6Cl2F3NO. The Kier molecular flexibility index (Phi) is 4.04. The van der Waals surface area contributed by atoms with Crippen molar-refractivity contribution >= 4 is 34.8 Å². The minimum absolute atomic E-state index is 0.287. The van der Waals surface area contributed by atoms with E-state index in [9.17, 15) is 18.0 Å². The van der Waals surface area contributed by atoms with Gasteiger partial charge < -0.3 is 5.32 Å². The molecule has 0 spiro atoms. The molecule has 0 unspecified atom stereocenters. The first-order valence-electron chi connectivity index (χ1n) is 4.08. The van der Waals surface area contributed by atoms with Gasteiger partial charge in [0.25, 0.3) is 0 Å². The second-order valence-electron chi connectivity index (χ2n) is 2.94. The van der Waals surface area contributed by atoms with Crippen LogP contribution in [0.5, 0.6) is 0 Å². The third-order valence-corrected chi connectivity index (χ3v) is 2.56. The maximum absolute atomic E-state index is 13.5. The summed E-state index contributed by atoms with van der Waals surface area (Å²) in [4.78, 5) is 10.9. The van der Waals surface area contributed by atoms with Gasteiger partial charge in [0.15, 0.2) is 17.5 Å². The highest BCUT2D eigenvalue weighted by Gasteiger charge is 2.22. The Labute approximate surface area is 99.3 Å². The van der Waals surface area contributed by atoms with Gasteiger partial charge in [-0.15, -0.1) is 11.6 Å². The summed E-state index contributed by atoms with van der Waals surface area (Å²) < 4.78 is 39.8. The first-order valence-corrected chi connectivity index (χ1v) is 4.99. The van der Waals surface area contributed by atoms with E-state index in [0.717, 1.165) is 6.92 Å². The van der Waals surface area contributed by atoms with Crippen molar-refractivity contribution in [2.75, 3.05) is 11.2 Å². The van der Waals surface area contributed by atoms with Crippen molar-refractivity contribution in [3.05, 3.63) is 28.0 Å². The van der Waals surface area contributed by atoms with Crippen LogP contribution in [0.4, 0.5) is 18.9 Å². The number of carbonyl (C=O) groups excluding carboxylic acids is 1. The summed E-state index contributed by atoms with van der Waals surface area (Å²) in [6, 6.07) is 0. The minimum Gasteiger partial charge on any atom is -0.320 e. The van der Waals surface area contributed by atoms with Crippen LogP contribution in [-0.2, 0) is 4.79 Å². The van der Waals surface area contributed by atoms with Crippen molar-refractivity contribution in [1.29, 1.82) is 0 Å². The van der Waals surface area contributed by atoms with E-state index in [4.69, 9.17) is 23.2 Å². The zero-order valence-corrected chi connectivity index (χ0v) is 9.52. The molecule has 88 valence electrons. The molecule has 2 nitrogen and oxygen atoms in total. The predicted molar refractivity (Wildman–Crippen MR) is 55.4 cm³/mol. The number of hydrogen-bond donors (Lipinski definition) is 1. The van der Waals surface area contributed by atoms with E-state index in [1.54, 1.807) is 0 Å². The fraction of sp³-hybridized carbons (Fsp3) is 0.222. The largest absolute Gasteiger partial charge is 0.320 e. The Hall–Kier alpha value is -0.940. The standard InChI is InChI=1S/C9H6Cl2F3NO/c1-3-5(11)7(13)8(14)9(6(3)12)15-4(16)2-10/h2H2,1H3,(H,15,16). The Bertz CT molecular complexity index is 422. The monoisotopic (exact) mass is 271 g/mol.